The fourth-order valence-electron chi connectivity index (χ4n) is 1.70. The highest BCUT2D eigenvalue weighted by atomic mass is 79.9. The number of benzene rings is 2. The van der Waals surface area contributed by atoms with Crippen molar-refractivity contribution in [3.05, 3.63) is 54.1 Å². The maximum Gasteiger partial charge on any atom is 0.295 e. The maximum atomic E-state index is 11.3. The summed E-state index contributed by atoms with van der Waals surface area (Å²) in [4.78, 5) is 1.59. The summed E-state index contributed by atoms with van der Waals surface area (Å²) in [5.74, 6) is 0. The lowest BCUT2D eigenvalue weighted by Crippen LogP contribution is -2.05. The van der Waals surface area contributed by atoms with Gasteiger partial charge in [0.2, 0.25) is 0 Å². The standard InChI is InChI=1S/C13H11BrO3S.C3H8N2/c14-9-10-5-7-11(8-6-10)12-3-1-2-4-13(12)18(15,16)17;1-5(2)3-4/h1-8H,9H2,(H,15,16,17);3-4H,1-2H3. The van der Waals surface area contributed by atoms with Crippen LogP contribution in [0, 0.1) is 5.41 Å². The Kier molecular flexibility index (Phi) is 7.41. The van der Waals surface area contributed by atoms with Gasteiger partial charge in [-0.25, -0.2) is 0 Å². The van der Waals surface area contributed by atoms with Crippen molar-refractivity contribution in [2.24, 2.45) is 0 Å². The highest BCUT2D eigenvalue weighted by molar-refractivity contribution is 9.08. The van der Waals surface area contributed by atoms with Crippen molar-refractivity contribution >= 4 is 32.4 Å². The Hall–Kier alpha value is -1.70. The molecule has 0 heterocycles. The average Bonchev–Trinajstić information content (AvgIpc) is 2.54. The molecule has 0 aliphatic rings. The molecule has 0 amide bonds. The van der Waals surface area contributed by atoms with E-state index in [1.54, 1.807) is 23.1 Å². The molecule has 0 radical (unpaired) electrons. The third-order valence-corrected chi connectivity index (χ3v) is 4.40. The Morgan fingerprint density at radius 3 is 2.09 bits per heavy atom. The van der Waals surface area contributed by atoms with Gasteiger partial charge in [0.05, 0.1) is 6.34 Å². The molecular weight excluding hydrogens is 380 g/mol. The van der Waals surface area contributed by atoms with Gasteiger partial charge < -0.3 is 4.90 Å². The monoisotopic (exact) mass is 398 g/mol. The van der Waals surface area contributed by atoms with Gasteiger partial charge in [-0.1, -0.05) is 58.4 Å². The highest BCUT2D eigenvalue weighted by Crippen LogP contribution is 2.27. The molecule has 0 bridgehead atoms. The van der Waals surface area contributed by atoms with E-state index >= 15 is 0 Å². The Morgan fingerprint density at radius 1 is 1.13 bits per heavy atom. The van der Waals surface area contributed by atoms with E-state index in [2.05, 4.69) is 15.9 Å². The molecule has 0 aliphatic heterocycles. The van der Waals surface area contributed by atoms with E-state index in [1.165, 1.54) is 12.4 Å². The molecule has 2 aromatic carbocycles. The summed E-state index contributed by atoms with van der Waals surface area (Å²) < 4.78 is 31.8. The number of halogens is 1. The van der Waals surface area contributed by atoms with Crippen molar-refractivity contribution < 1.29 is 13.0 Å². The van der Waals surface area contributed by atoms with Crippen LogP contribution in [0.3, 0.4) is 0 Å². The third-order valence-electron chi connectivity index (χ3n) is 2.84. The topological polar surface area (TPSA) is 81.5 Å². The van der Waals surface area contributed by atoms with Crippen LogP contribution in [0.1, 0.15) is 5.56 Å². The molecule has 0 saturated carbocycles. The second-order valence-electron chi connectivity index (χ2n) is 4.89. The fraction of sp³-hybridized carbons (Fsp3) is 0.188. The van der Waals surface area contributed by atoms with Crippen molar-refractivity contribution in [2.45, 2.75) is 10.2 Å². The Labute approximate surface area is 145 Å². The normalized spacial score (nSPS) is 10.4. The van der Waals surface area contributed by atoms with Crippen molar-refractivity contribution in [1.29, 1.82) is 5.41 Å². The van der Waals surface area contributed by atoms with Crippen LogP contribution in [0.4, 0.5) is 0 Å². The SMILES string of the molecule is CN(C)C=N.O=S(=O)(O)c1ccccc1-c1ccc(CBr)cc1. The van der Waals surface area contributed by atoms with E-state index in [-0.39, 0.29) is 4.90 Å². The van der Waals surface area contributed by atoms with Gasteiger partial charge in [-0.05, 0) is 17.2 Å². The predicted octanol–water partition coefficient (Wildman–Crippen LogP) is 3.65. The van der Waals surface area contributed by atoms with Crippen LogP contribution in [-0.2, 0) is 15.4 Å². The average molecular weight is 399 g/mol. The Bertz CT molecular complexity index is 744. The first-order valence-electron chi connectivity index (χ1n) is 6.68. The van der Waals surface area contributed by atoms with Crippen LogP contribution < -0.4 is 0 Å². The minimum atomic E-state index is -4.21. The molecule has 2 aromatic rings. The molecule has 124 valence electrons. The summed E-state index contributed by atoms with van der Waals surface area (Å²) >= 11 is 3.35. The first kappa shape index (κ1) is 19.3. The van der Waals surface area contributed by atoms with Crippen molar-refractivity contribution in [1.82, 2.24) is 4.90 Å². The molecule has 2 rings (SSSR count). The van der Waals surface area contributed by atoms with Crippen LogP contribution in [0.15, 0.2) is 53.4 Å². The zero-order valence-corrected chi connectivity index (χ0v) is 15.3. The summed E-state index contributed by atoms with van der Waals surface area (Å²) in [6.07, 6.45) is 1.25. The molecule has 5 nitrogen and oxygen atoms in total. The molecule has 23 heavy (non-hydrogen) atoms. The number of hydrogen-bond donors (Lipinski definition) is 2. The van der Waals surface area contributed by atoms with Gasteiger partial charge in [0, 0.05) is 25.0 Å². The lowest BCUT2D eigenvalue weighted by atomic mass is 10.0. The molecule has 0 aromatic heterocycles. The van der Waals surface area contributed by atoms with Crippen LogP contribution >= 0.6 is 15.9 Å². The molecule has 0 spiro atoms. The van der Waals surface area contributed by atoms with Crippen molar-refractivity contribution in [3.8, 4) is 11.1 Å². The van der Waals surface area contributed by atoms with Crippen LogP contribution in [0.25, 0.3) is 11.1 Å². The summed E-state index contributed by atoms with van der Waals surface area (Å²) in [6.45, 7) is 0. The molecule has 7 heteroatoms. The molecule has 2 N–H and O–H groups in total. The minimum absolute atomic E-state index is 0.0726. The highest BCUT2D eigenvalue weighted by Gasteiger charge is 2.15. The minimum Gasteiger partial charge on any atom is -0.369 e. The number of alkyl halides is 1. The number of rotatable bonds is 4. The lowest BCUT2D eigenvalue weighted by molar-refractivity contribution is 0.483. The predicted molar refractivity (Wildman–Crippen MR) is 96.8 cm³/mol. The summed E-state index contributed by atoms with van der Waals surface area (Å²) in [6, 6.07) is 13.9. The largest absolute Gasteiger partial charge is 0.369 e. The van der Waals surface area contributed by atoms with Crippen LogP contribution in [0.2, 0.25) is 0 Å². The summed E-state index contributed by atoms with van der Waals surface area (Å²) in [5, 5.41) is 7.20. The van der Waals surface area contributed by atoms with Crippen LogP contribution in [-0.4, -0.2) is 38.3 Å². The molecule has 0 fully saturated rings. The van der Waals surface area contributed by atoms with Crippen molar-refractivity contribution in [3.63, 3.8) is 0 Å². The van der Waals surface area contributed by atoms with E-state index in [9.17, 15) is 13.0 Å². The van der Waals surface area contributed by atoms with E-state index in [0.717, 1.165) is 16.5 Å². The van der Waals surface area contributed by atoms with E-state index < -0.39 is 10.1 Å². The van der Waals surface area contributed by atoms with E-state index in [4.69, 9.17) is 5.41 Å². The lowest BCUT2D eigenvalue weighted by Gasteiger charge is -2.07. The van der Waals surface area contributed by atoms with Gasteiger partial charge in [0.25, 0.3) is 10.1 Å². The number of hydrogen-bond acceptors (Lipinski definition) is 3. The quantitative estimate of drug-likeness (QED) is 0.356. The molecule has 0 aliphatic carbocycles. The van der Waals surface area contributed by atoms with Gasteiger partial charge in [-0.3, -0.25) is 9.96 Å². The van der Waals surface area contributed by atoms with Gasteiger partial charge >= 0.3 is 0 Å². The third kappa shape index (κ3) is 6.13. The second-order valence-corrected chi connectivity index (χ2v) is 6.85. The number of nitrogens with zero attached hydrogens (tertiary/aromatic N) is 1. The summed E-state index contributed by atoms with van der Waals surface area (Å²) in [7, 11) is -0.582. The van der Waals surface area contributed by atoms with Gasteiger partial charge in [-0.2, -0.15) is 8.42 Å². The molecule has 0 unspecified atom stereocenters. The zero-order valence-electron chi connectivity index (χ0n) is 12.9. The van der Waals surface area contributed by atoms with E-state index in [1.807, 2.05) is 38.4 Å². The van der Waals surface area contributed by atoms with Gasteiger partial charge in [0.15, 0.2) is 0 Å². The first-order chi connectivity index (χ1) is 10.8. The number of nitrogens with one attached hydrogen (secondary N) is 1. The first-order valence-corrected chi connectivity index (χ1v) is 9.24. The molecule has 0 saturated heterocycles. The Balaban J connectivity index is 0.000000463. The van der Waals surface area contributed by atoms with Crippen LogP contribution in [0.5, 0.6) is 0 Å². The smallest absolute Gasteiger partial charge is 0.295 e. The maximum absolute atomic E-state index is 11.3. The second kappa shape index (κ2) is 8.81. The van der Waals surface area contributed by atoms with Gasteiger partial charge in [-0.15, -0.1) is 0 Å². The summed E-state index contributed by atoms with van der Waals surface area (Å²) in [5.41, 5.74) is 2.36. The van der Waals surface area contributed by atoms with Gasteiger partial charge in [0.1, 0.15) is 4.90 Å². The zero-order chi connectivity index (χ0) is 17.5. The van der Waals surface area contributed by atoms with Crippen molar-refractivity contribution in [2.75, 3.05) is 14.1 Å². The Morgan fingerprint density at radius 2 is 1.65 bits per heavy atom. The fourth-order valence-corrected chi connectivity index (χ4v) is 2.79. The molecule has 0 atom stereocenters. The molecular formula is C16H19BrN2O3S. The van der Waals surface area contributed by atoms with E-state index in [0.29, 0.717) is 5.56 Å².